The Bertz CT molecular complexity index is 1830. The fourth-order valence-corrected chi connectivity index (χ4v) is 6.32. The van der Waals surface area contributed by atoms with Gasteiger partial charge >= 0.3 is 0 Å². The summed E-state index contributed by atoms with van der Waals surface area (Å²) < 4.78 is 19.5. The van der Waals surface area contributed by atoms with Crippen molar-refractivity contribution < 1.29 is 28.9 Å². The molecule has 1 unspecified atom stereocenters. The Morgan fingerprint density at radius 2 is 1.49 bits per heavy atom. The van der Waals surface area contributed by atoms with Crippen LogP contribution < -0.4 is 26.6 Å². The monoisotopic (exact) mass is 823 g/mol. The lowest BCUT2D eigenvalue weighted by Crippen LogP contribution is -2.51. The van der Waals surface area contributed by atoms with Crippen molar-refractivity contribution in [2.45, 2.75) is 51.8 Å². The lowest BCUT2D eigenvalue weighted by atomic mass is 10.2. The zero-order valence-corrected chi connectivity index (χ0v) is 33.9. The molecule has 322 valence electrons. The number of guanidine groups is 1. The highest BCUT2D eigenvalue weighted by Crippen LogP contribution is 2.21. The van der Waals surface area contributed by atoms with Gasteiger partial charge in [0.25, 0.3) is 0 Å². The molecular weight excluding hydrogens is 767 g/mol. The number of nitrogens with two attached hydrogens (primary N) is 2. The molecule has 6 N–H and O–H groups in total. The van der Waals surface area contributed by atoms with Crippen LogP contribution in [0.15, 0.2) is 17.4 Å². The van der Waals surface area contributed by atoms with E-state index in [0.29, 0.717) is 141 Å². The number of aromatic nitrogens is 9. The molecule has 0 spiro atoms. The van der Waals surface area contributed by atoms with Gasteiger partial charge in [0.15, 0.2) is 5.96 Å². The van der Waals surface area contributed by atoms with E-state index in [2.05, 4.69) is 36.9 Å². The number of carbonyl (C=O) groups is 2. The summed E-state index contributed by atoms with van der Waals surface area (Å²) in [5.41, 5.74) is 12.2. The SMILES string of the molecule is C#CCOCCOCCOCCNc1nc(N2CCN(C(=O)Cn3cc(CC(C)O)nn3)CC2)nc(N2CCN(C(=O)[C@H](C)n3cc(CCCN=C(N)N)nn3)CC2)n1. The van der Waals surface area contributed by atoms with E-state index in [9.17, 15) is 14.7 Å². The highest BCUT2D eigenvalue weighted by Gasteiger charge is 2.29. The van der Waals surface area contributed by atoms with Crippen LogP contribution >= 0.6 is 0 Å². The van der Waals surface area contributed by atoms with Gasteiger partial charge in [-0.15, -0.1) is 16.6 Å². The Kier molecular flexibility index (Phi) is 17.3. The van der Waals surface area contributed by atoms with Crippen LogP contribution in [0.25, 0.3) is 0 Å². The maximum absolute atomic E-state index is 13.5. The first-order chi connectivity index (χ1) is 28.6. The summed E-state index contributed by atoms with van der Waals surface area (Å²) in [5, 5.41) is 29.4. The first-order valence-electron chi connectivity index (χ1n) is 19.9. The number of nitrogens with one attached hydrogen (secondary N) is 1. The van der Waals surface area contributed by atoms with Crippen LogP contribution in [-0.4, -0.2) is 189 Å². The number of aliphatic hydroxyl groups excluding tert-OH is 1. The summed E-state index contributed by atoms with van der Waals surface area (Å²) in [5.74, 6) is 3.69. The molecule has 0 aliphatic carbocycles. The van der Waals surface area contributed by atoms with Gasteiger partial charge in [0.05, 0.1) is 50.5 Å². The maximum atomic E-state index is 13.5. The molecule has 5 heterocycles. The molecule has 0 radical (unpaired) electrons. The van der Waals surface area contributed by atoms with Crippen molar-refractivity contribution in [3.63, 3.8) is 0 Å². The lowest BCUT2D eigenvalue weighted by Gasteiger charge is -2.37. The van der Waals surface area contributed by atoms with Crippen molar-refractivity contribution in [3.05, 3.63) is 23.8 Å². The van der Waals surface area contributed by atoms with Crippen molar-refractivity contribution in [1.29, 1.82) is 0 Å². The lowest BCUT2D eigenvalue weighted by molar-refractivity contribution is -0.135. The summed E-state index contributed by atoms with van der Waals surface area (Å²) in [7, 11) is 0. The molecule has 5 rings (SSSR count). The van der Waals surface area contributed by atoms with Crippen molar-refractivity contribution in [3.8, 4) is 12.3 Å². The van der Waals surface area contributed by atoms with E-state index in [4.69, 9.17) is 47.1 Å². The van der Waals surface area contributed by atoms with Crippen LogP contribution in [0.2, 0.25) is 0 Å². The first-order valence-corrected chi connectivity index (χ1v) is 19.9. The Balaban J connectivity index is 1.16. The number of nitrogens with zero attached hydrogens (tertiary/aromatic N) is 14. The van der Waals surface area contributed by atoms with E-state index < -0.39 is 12.1 Å². The normalized spacial score (nSPS) is 15.5. The molecule has 0 saturated carbocycles. The van der Waals surface area contributed by atoms with Crippen molar-refractivity contribution >= 4 is 35.6 Å². The molecule has 2 atom stereocenters. The van der Waals surface area contributed by atoms with Crippen LogP contribution in [0.3, 0.4) is 0 Å². The Hall–Kier alpha value is -5.70. The number of aliphatic imine (C=N–C) groups is 1. The van der Waals surface area contributed by atoms with Crippen LogP contribution in [0.5, 0.6) is 0 Å². The molecule has 2 aliphatic rings. The smallest absolute Gasteiger partial charge is 0.247 e. The van der Waals surface area contributed by atoms with Gasteiger partial charge in [0.1, 0.15) is 19.2 Å². The quantitative estimate of drug-likeness (QED) is 0.0334. The fraction of sp³-hybridized carbons (Fsp3) is 0.667. The number of piperazine rings is 2. The van der Waals surface area contributed by atoms with Gasteiger partial charge in [-0.2, -0.15) is 15.0 Å². The van der Waals surface area contributed by atoms with E-state index in [1.165, 1.54) is 4.68 Å². The molecule has 23 heteroatoms. The molecule has 0 bridgehead atoms. The van der Waals surface area contributed by atoms with E-state index in [-0.39, 0.29) is 30.9 Å². The summed E-state index contributed by atoms with van der Waals surface area (Å²) >= 11 is 0. The second kappa shape index (κ2) is 23.0. The van der Waals surface area contributed by atoms with Gasteiger partial charge in [0, 0.05) is 84.3 Å². The minimum absolute atomic E-state index is 0.0506. The van der Waals surface area contributed by atoms with Gasteiger partial charge in [-0.25, -0.2) is 9.36 Å². The van der Waals surface area contributed by atoms with Crippen LogP contribution in [0, 0.1) is 12.3 Å². The van der Waals surface area contributed by atoms with E-state index >= 15 is 0 Å². The standard InChI is InChI=1S/C36H57N17O6/c1-4-17-57-19-21-59-22-20-58-18-8-40-34-41-35(50-13-9-48(10-14-50)31(55)26-52-24-30(45-46-52)23-27(2)54)43-36(42-34)51-15-11-49(12-16-51)32(56)28(3)53-25-29(44-47-53)6-5-7-39-33(37)38/h1,24-25,27-28,54H,5-23,26H2,2-3H3,(H4,37,38,39)(H,40,41,42,43)/t27?,28-/m0/s1. The molecule has 2 aliphatic heterocycles. The Labute approximate surface area is 343 Å². The van der Waals surface area contributed by atoms with Crippen LogP contribution in [-0.2, 0) is 43.2 Å². The van der Waals surface area contributed by atoms with Gasteiger partial charge < -0.3 is 55.7 Å². The third kappa shape index (κ3) is 14.3. The van der Waals surface area contributed by atoms with Gasteiger partial charge in [-0.3, -0.25) is 14.6 Å². The molecule has 23 nitrogen and oxygen atoms in total. The zero-order chi connectivity index (χ0) is 42.0. The second-order valence-electron chi connectivity index (χ2n) is 14.1. The van der Waals surface area contributed by atoms with Crippen molar-refractivity contribution in [2.75, 3.05) is 120 Å². The average Bonchev–Trinajstić information content (AvgIpc) is 3.90. The number of aliphatic hydroxyl groups is 1. The topological polar surface area (TPSA) is 272 Å². The number of ether oxygens (including phenoxy) is 3. The first kappa shape index (κ1) is 44.4. The zero-order valence-electron chi connectivity index (χ0n) is 33.9. The molecule has 59 heavy (non-hydrogen) atoms. The van der Waals surface area contributed by atoms with E-state index in [1.807, 2.05) is 21.6 Å². The average molecular weight is 824 g/mol. The number of terminal acetylenes is 1. The number of carbonyl (C=O) groups excluding carboxylic acids is 2. The predicted molar refractivity (Wildman–Crippen MR) is 216 cm³/mol. The number of hydrogen-bond acceptors (Lipinski definition) is 17. The maximum Gasteiger partial charge on any atom is 0.247 e. The molecular formula is C36H57N17O6. The number of anilines is 3. The number of hydrogen-bond donors (Lipinski definition) is 4. The van der Waals surface area contributed by atoms with Crippen LogP contribution in [0.4, 0.5) is 17.8 Å². The minimum Gasteiger partial charge on any atom is -0.393 e. The second-order valence-corrected chi connectivity index (χ2v) is 14.1. The number of rotatable bonds is 23. The molecule has 3 aromatic heterocycles. The molecule has 2 fully saturated rings. The van der Waals surface area contributed by atoms with Gasteiger partial charge in [-0.1, -0.05) is 16.3 Å². The fourth-order valence-electron chi connectivity index (χ4n) is 6.32. The molecule has 0 aromatic carbocycles. The largest absolute Gasteiger partial charge is 0.393 e. The number of amides is 2. The third-order valence-corrected chi connectivity index (χ3v) is 9.45. The summed E-state index contributed by atoms with van der Waals surface area (Å²) in [6, 6.07) is -0.531. The van der Waals surface area contributed by atoms with Gasteiger partial charge in [0.2, 0.25) is 29.7 Å². The Morgan fingerprint density at radius 3 is 2.14 bits per heavy atom. The van der Waals surface area contributed by atoms with Gasteiger partial charge in [-0.05, 0) is 26.7 Å². The van der Waals surface area contributed by atoms with Crippen LogP contribution in [0.1, 0.15) is 37.7 Å². The van der Waals surface area contributed by atoms with Crippen molar-refractivity contribution in [2.24, 2.45) is 16.5 Å². The summed E-state index contributed by atoms with van der Waals surface area (Å²) in [6.45, 7) is 10.7. The predicted octanol–water partition coefficient (Wildman–Crippen LogP) is -2.46. The van der Waals surface area contributed by atoms with E-state index in [0.717, 1.165) is 5.69 Å². The molecule has 2 amide bonds. The highest BCUT2D eigenvalue weighted by molar-refractivity contribution is 5.80. The molecule has 2 saturated heterocycles. The number of aryl methyl sites for hydroxylation is 1. The van der Waals surface area contributed by atoms with Crippen molar-refractivity contribution in [1.82, 2.24) is 54.7 Å². The summed E-state index contributed by atoms with van der Waals surface area (Å²) in [6.07, 6.45) is 9.81. The highest BCUT2D eigenvalue weighted by atomic mass is 16.5. The van der Waals surface area contributed by atoms with E-state index in [1.54, 1.807) is 28.9 Å². The Morgan fingerprint density at radius 1 is 0.864 bits per heavy atom. The minimum atomic E-state index is -0.547. The molecule has 3 aromatic rings. The third-order valence-electron chi connectivity index (χ3n) is 9.45. The summed E-state index contributed by atoms with van der Waals surface area (Å²) in [4.78, 5) is 52.7.